The van der Waals surface area contributed by atoms with Gasteiger partial charge in [0.2, 0.25) is 0 Å². The van der Waals surface area contributed by atoms with Crippen LogP contribution in [0.15, 0.2) is 60.8 Å². The Morgan fingerprint density at radius 2 is 1.87 bits per heavy atom. The predicted octanol–water partition coefficient (Wildman–Crippen LogP) is 4.89. The van der Waals surface area contributed by atoms with Gasteiger partial charge in [-0.1, -0.05) is 36.4 Å². The zero-order valence-corrected chi connectivity index (χ0v) is 17.3. The number of carbonyl (C=O) groups excluding carboxylic acids is 1. The number of hydrogen-bond acceptors (Lipinski definition) is 3. The van der Waals surface area contributed by atoms with Crippen molar-refractivity contribution in [3.63, 3.8) is 0 Å². The molecule has 0 spiro atoms. The number of aromatic nitrogens is 1. The number of aliphatic hydroxyl groups is 1. The minimum Gasteiger partial charge on any atom is -0.392 e. The summed E-state index contributed by atoms with van der Waals surface area (Å²) in [5, 5.41) is 10.1. The Labute approximate surface area is 181 Å². The van der Waals surface area contributed by atoms with Crippen molar-refractivity contribution in [3.8, 4) is 11.1 Å². The minimum absolute atomic E-state index is 0.0290. The summed E-state index contributed by atoms with van der Waals surface area (Å²) >= 11 is 0. The molecule has 5 rings (SSSR count). The molecule has 1 aliphatic heterocycles. The molecule has 0 unspecified atom stereocenters. The van der Waals surface area contributed by atoms with Crippen molar-refractivity contribution in [1.82, 2.24) is 9.88 Å². The molecule has 2 fully saturated rings. The molecule has 1 amide bonds. The average molecular weight is 416 g/mol. The molecule has 1 aliphatic carbocycles. The minimum atomic E-state index is -0.452. The van der Waals surface area contributed by atoms with E-state index in [1.165, 1.54) is 36.1 Å². The number of pyridine rings is 1. The highest BCUT2D eigenvalue weighted by atomic mass is 19.1. The van der Waals surface area contributed by atoms with E-state index in [-0.39, 0.29) is 24.1 Å². The molecule has 0 bridgehead atoms. The molecule has 1 aromatic heterocycles. The number of benzene rings is 2. The number of hydrogen-bond donors (Lipinski definition) is 1. The number of likely N-dealkylation sites (tertiary alicyclic amines) is 1. The van der Waals surface area contributed by atoms with E-state index in [0.29, 0.717) is 19.0 Å². The van der Waals surface area contributed by atoms with Crippen LogP contribution in [0, 0.1) is 5.82 Å². The van der Waals surface area contributed by atoms with Crippen molar-refractivity contribution in [2.45, 2.75) is 37.7 Å². The summed E-state index contributed by atoms with van der Waals surface area (Å²) in [5.41, 5.74) is 6.05. The lowest BCUT2D eigenvalue weighted by Crippen LogP contribution is -2.29. The average Bonchev–Trinajstić information content (AvgIpc) is 3.55. The van der Waals surface area contributed by atoms with Crippen LogP contribution in [0.5, 0.6) is 0 Å². The summed E-state index contributed by atoms with van der Waals surface area (Å²) in [5.74, 6) is 0.192. The number of rotatable bonds is 5. The first-order valence-electron chi connectivity index (χ1n) is 10.9. The van der Waals surface area contributed by atoms with Gasteiger partial charge >= 0.3 is 0 Å². The number of aliphatic hydroxyl groups excluding tert-OH is 1. The maximum atomic E-state index is 13.1. The van der Waals surface area contributed by atoms with Crippen LogP contribution >= 0.6 is 0 Å². The van der Waals surface area contributed by atoms with Crippen LogP contribution in [0.4, 0.5) is 4.39 Å². The van der Waals surface area contributed by atoms with Gasteiger partial charge in [0.05, 0.1) is 12.8 Å². The first-order chi connectivity index (χ1) is 15.1. The third kappa shape index (κ3) is 3.98. The molecule has 158 valence electrons. The number of nitrogens with zero attached hydrogens (tertiary/aromatic N) is 2. The second-order valence-corrected chi connectivity index (χ2v) is 8.53. The van der Waals surface area contributed by atoms with Gasteiger partial charge in [-0.05, 0) is 71.2 Å². The van der Waals surface area contributed by atoms with Crippen molar-refractivity contribution in [1.29, 1.82) is 0 Å². The van der Waals surface area contributed by atoms with Gasteiger partial charge < -0.3 is 10.0 Å². The van der Waals surface area contributed by atoms with Crippen LogP contribution in [0.25, 0.3) is 11.1 Å². The van der Waals surface area contributed by atoms with Crippen LogP contribution < -0.4 is 0 Å². The molecule has 1 N–H and O–H groups in total. The van der Waals surface area contributed by atoms with Gasteiger partial charge in [0.25, 0.3) is 5.91 Å². The molecule has 1 saturated carbocycles. The highest BCUT2D eigenvalue weighted by Gasteiger charge is 2.30. The van der Waals surface area contributed by atoms with Crippen LogP contribution in [0.1, 0.15) is 58.3 Å². The molecule has 1 atom stereocenters. The van der Waals surface area contributed by atoms with E-state index >= 15 is 0 Å². The summed E-state index contributed by atoms with van der Waals surface area (Å²) in [4.78, 5) is 18.4. The van der Waals surface area contributed by atoms with E-state index < -0.39 is 5.82 Å². The molecule has 3 aromatic rings. The molecule has 2 heterocycles. The molecule has 2 aliphatic rings. The van der Waals surface area contributed by atoms with Gasteiger partial charge in [0, 0.05) is 19.0 Å². The lowest BCUT2D eigenvalue weighted by Gasteiger charge is -2.19. The zero-order valence-electron chi connectivity index (χ0n) is 17.3. The Morgan fingerprint density at radius 1 is 1.03 bits per heavy atom. The summed E-state index contributed by atoms with van der Waals surface area (Å²) < 4.78 is 13.1. The maximum absolute atomic E-state index is 13.1. The molecular weight excluding hydrogens is 391 g/mol. The first kappa shape index (κ1) is 19.9. The molecular formula is C26H25FN2O2. The van der Waals surface area contributed by atoms with Crippen molar-refractivity contribution in [2.24, 2.45) is 0 Å². The Morgan fingerprint density at radius 3 is 2.61 bits per heavy atom. The van der Waals surface area contributed by atoms with Gasteiger partial charge in [0.1, 0.15) is 11.5 Å². The molecule has 5 heteroatoms. The fourth-order valence-corrected chi connectivity index (χ4v) is 4.68. The zero-order chi connectivity index (χ0) is 21.4. The third-order valence-electron chi connectivity index (χ3n) is 6.46. The van der Waals surface area contributed by atoms with Crippen LogP contribution in [-0.4, -0.2) is 34.0 Å². The Balaban J connectivity index is 1.37. The Kier molecular flexibility index (Phi) is 5.28. The fraction of sp³-hybridized carbons (Fsp3) is 0.308. The van der Waals surface area contributed by atoms with E-state index in [0.717, 1.165) is 29.3 Å². The van der Waals surface area contributed by atoms with Gasteiger partial charge in [-0.2, -0.15) is 0 Å². The smallest absolute Gasteiger partial charge is 0.272 e. The quantitative estimate of drug-likeness (QED) is 0.645. The van der Waals surface area contributed by atoms with E-state index in [1.807, 2.05) is 0 Å². The van der Waals surface area contributed by atoms with Crippen molar-refractivity contribution < 1.29 is 14.3 Å². The predicted molar refractivity (Wildman–Crippen MR) is 117 cm³/mol. The molecule has 0 radical (unpaired) electrons. The summed E-state index contributed by atoms with van der Waals surface area (Å²) in [6.07, 6.45) is 4.40. The van der Waals surface area contributed by atoms with Gasteiger partial charge in [-0.3, -0.25) is 4.79 Å². The number of carbonyl (C=O) groups is 1. The van der Waals surface area contributed by atoms with Gasteiger partial charge in [-0.25, -0.2) is 9.37 Å². The Hall–Kier alpha value is -3.05. The van der Waals surface area contributed by atoms with Crippen molar-refractivity contribution >= 4 is 5.91 Å². The first-order valence-corrected chi connectivity index (χ1v) is 10.9. The molecule has 4 nitrogen and oxygen atoms in total. The van der Waals surface area contributed by atoms with E-state index in [4.69, 9.17) is 0 Å². The highest BCUT2D eigenvalue weighted by molar-refractivity contribution is 5.92. The van der Waals surface area contributed by atoms with Crippen molar-refractivity contribution in [3.05, 3.63) is 89.0 Å². The monoisotopic (exact) mass is 416 g/mol. The Bertz CT molecular complexity index is 1110. The van der Waals surface area contributed by atoms with Gasteiger partial charge in [0.15, 0.2) is 0 Å². The number of halogens is 1. The van der Waals surface area contributed by atoms with Crippen LogP contribution in [0.2, 0.25) is 0 Å². The standard InChI is InChI=1S/C26H25FN2O2/c27-21-8-10-25(28-14-21)26(31)29-12-11-19(15-29)22-9-7-18(13-20(22)16-30)24-4-2-1-3-23(24)17-5-6-17/h1-4,7-10,13-14,17,19,30H,5-6,11-12,15-16H2/t19-/m0/s1. The lowest BCUT2D eigenvalue weighted by atomic mass is 9.89. The van der Waals surface area contributed by atoms with Crippen LogP contribution in [0.3, 0.4) is 0 Å². The second-order valence-electron chi connectivity index (χ2n) is 8.53. The fourth-order valence-electron chi connectivity index (χ4n) is 4.68. The summed E-state index contributed by atoms with van der Waals surface area (Å²) in [6.45, 7) is 1.17. The SMILES string of the molecule is O=C(c1ccc(F)cn1)N1CC[C@H](c2ccc(-c3ccccc3C3CC3)cc2CO)C1. The van der Waals surface area contributed by atoms with E-state index in [9.17, 15) is 14.3 Å². The molecule has 1 saturated heterocycles. The topological polar surface area (TPSA) is 53.4 Å². The maximum Gasteiger partial charge on any atom is 0.272 e. The summed E-state index contributed by atoms with van der Waals surface area (Å²) in [7, 11) is 0. The van der Waals surface area contributed by atoms with E-state index in [2.05, 4.69) is 47.4 Å². The van der Waals surface area contributed by atoms with Crippen LogP contribution in [-0.2, 0) is 6.61 Å². The van der Waals surface area contributed by atoms with E-state index in [1.54, 1.807) is 4.90 Å². The van der Waals surface area contributed by atoms with Gasteiger partial charge in [-0.15, -0.1) is 0 Å². The highest BCUT2D eigenvalue weighted by Crippen LogP contribution is 2.44. The lowest BCUT2D eigenvalue weighted by molar-refractivity contribution is 0.0785. The largest absolute Gasteiger partial charge is 0.392 e. The molecule has 2 aromatic carbocycles. The second kappa shape index (κ2) is 8.23. The number of amides is 1. The third-order valence-corrected chi connectivity index (χ3v) is 6.46. The molecule has 31 heavy (non-hydrogen) atoms. The van der Waals surface area contributed by atoms with Crippen molar-refractivity contribution in [2.75, 3.05) is 13.1 Å². The summed E-state index contributed by atoms with van der Waals surface area (Å²) in [6, 6.07) is 17.6. The normalized spacial score (nSPS) is 18.4.